The monoisotopic (exact) mass is 572 g/mol. The Balaban J connectivity index is 1.33. The van der Waals surface area contributed by atoms with Crippen LogP contribution < -0.4 is 10.1 Å². The maximum Gasteiger partial charge on any atom is 0.573 e. The molecule has 218 valence electrons. The highest BCUT2D eigenvalue weighted by atomic mass is 19.4. The van der Waals surface area contributed by atoms with Crippen LogP contribution in [-0.2, 0) is 4.74 Å². The number of ether oxygens (including phenoxy) is 2. The number of carbonyl (C=O) groups is 2. The molecule has 1 saturated heterocycles. The van der Waals surface area contributed by atoms with E-state index in [-0.39, 0.29) is 29.6 Å². The van der Waals surface area contributed by atoms with Crippen molar-refractivity contribution in [3.63, 3.8) is 0 Å². The lowest BCUT2D eigenvalue weighted by Gasteiger charge is -2.35. The number of hydrogen-bond acceptors (Lipinski definition) is 7. The number of nitrogens with zero attached hydrogens (tertiary/aromatic N) is 5. The van der Waals surface area contributed by atoms with Crippen LogP contribution >= 0.6 is 0 Å². The number of carbonyl (C=O) groups excluding carboxylic acids is 2. The van der Waals surface area contributed by atoms with E-state index in [4.69, 9.17) is 4.74 Å². The first-order chi connectivity index (χ1) is 19.4. The Kier molecular flexibility index (Phi) is 7.73. The van der Waals surface area contributed by atoms with Gasteiger partial charge in [0.15, 0.2) is 11.6 Å². The first-order valence-corrected chi connectivity index (χ1v) is 13.4. The Bertz CT molecular complexity index is 1430. The molecule has 0 radical (unpaired) electrons. The van der Waals surface area contributed by atoms with Crippen LogP contribution in [0.2, 0.25) is 0 Å². The number of benzene rings is 1. The normalized spacial score (nSPS) is 20.0. The minimum absolute atomic E-state index is 0.0519. The summed E-state index contributed by atoms with van der Waals surface area (Å²) < 4.78 is 49.9. The molecule has 5 rings (SSSR count). The predicted molar refractivity (Wildman–Crippen MR) is 141 cm³/mol. The molecule has 3 atom stereocenters. The summed E-state index contributed by atoms with van der Waals surface area (Å²) in [6.07, 6.45) is -1.84. The molecule has 0 bridgehead atoms. The summed E-state index contributed by atoms with van der Waals surface area (Å²) in [6.45, 7) is 8.20. The molecule has 3 heterocycles. The van der Waals surface area contributed by atoms with Gasteiger partial charge in [-0.25, -0.2) is 9.97 Å². The van der Waals surface area contributed by atoms with Crippen LogP contribution in [0.3, 0.4) is 0 Å². The highest BCUT2D eigenvalue weighted by Crippen LogP contribution is 2.42. The summed E-state index contributed by atoms with van der Waals surface area (Å²) >= 11 is 0. The number of alkyl halides is 3. The Morgan fingerprint density at radius 3 is 2.41 bits per heavy atom. The van der Waals surface area contributed by atoms with Crippen LogP contribution in [0.4, 0.5) is 13.2 Å². The highest BCUT2D eigenvalue weighted by molar-refractivity contribution is 5.95. The van der Waals surface area contributed by atoms with E-state index in [2.05, 4.69) is 25.1 Å². The molecule has 1 aliphatic heterocycles. The van der Waals surface area contributed by atoms with Gasteiger partial charge in [-0.2, -0.15) is 4.68 Å². The van der Waals surface area contributed by atoms with E-state index >= 15 is 0 Å². The summed E-state index contributed by atoms with van der Waals surface area (Å²) in [5.41, 5.74) is 1.10. The first kappa shape index (κ1) is 28.5. The minimum Gasteiger partial charge on any atom is -0.406 e. The van der Waals surface area contributed by atoms with Gasteiger partial charge in [0.2, 0.25) is 0 Å². The summed E-state index contributed by atoms with van der Waals surface area (Å²) in [4.78, 5) is 36.8. The summed E-state index contributed by atoms with van der Waals surface area (Å²) in [5.74, 6) is 0.125. The van der Waals surface area contributed by atoms with E-state index < -0.39 is 24.1 Å². The van der Waals surface area contributed by atoms with Gasteiger partial charge in [0.05, 0.1) is 23.8 Å². The van der Waals surface area contributed by atoms with Crippen molar-refractivity contribution in [2.24, 2.45) is 0 Å². The third-order valence-corrected chi connectivity index (χ3v) is 6.87. The largest absolute Gasteiger partial charge is 0.573 e. The van der Waals surface area contributed by atoms with Crippen molar-refractivity contribution in [2.45, 2.75) is 71.1 Å². The maximum absolute atomic E-state index is 13.1. The average Bonchev–Trinajstić information content (AvgIpc) is 3.67. The van der Waals surface area contributed by atoms with Crippen LogP contribution in [0.1, 0.15) is 83.5 Å². The fraction of sp³-hybridized carbons (Fsp3) is 0.464. The minimum atomic E-state index is -4.87. The van der Waals surface area contributed by atoms with Gasteiger partial charge in [0, 0.05) is 24.8 Å². The maximum atomic E-state index is 13.1. The molecule has 2 amide bonds. The van der Waals surface area contributed by atoms with Gasteiger partial charge in [0.25, 0.3) is 11.8 Å². The molecule has 2 aromatic heterocycles. The molecule has 1 N–H and O–H groups in total. The fourth-order valence-corrected chi connectivity index (χ4v) is 4.99. The third-order valence-electron chi connectivity index (χ3n) is 6.87. The van der Waals surface area contributed by atoms with Gasteiger partial charge in [-0.05, 0) is 82.3 Å². The molecule has 2 fully saturated rings. The molecule has 0 spiro atoms. The van der Waals surface area contributed by atoms with E-state index in [1.165, 1.54) is 16.9 Å². The van der Waals surface area contributed by atoms with E-state index in [0.717, 1.165) is 18.9 Å². The molecular formula is C28H31F3N6O4. The number of morpholine rings is 1. The van der Waals surface area contributed by atoms with Crippen LogP contribution in [-0.4, -0.2) is 68.1 Å². The Morgan fingerprint density at radius 1 is 1.10 bits per heavy atom. The second kappa shape index (κ2) is 11.1. The Morgan fingerprint density at radius 2 is 1.80 bits per heavy atom. The Hall–Kier alpha value is -4.00. The third kappa shape index (κ3) is 6.84. The standard InChI is InChI=1S/C28H31F3N6O4/c1-15-13-36(14-16(2)40-15)27(39)20-7-8-24(32-12-20)37-25(34-18(4)35-37)17(3)33-26(38)22-9-21(19-5-6-19)10-23(11-22)41-28(29,30)31/h7-12,15-17,19H,5-6,13-14H2,1-4H3,(H,33,38)/t15-,16+,17-/m0/s1. The molecule has 2 aliphatic rings. The van der Waals surface area contributed by atoms with Gasteiger partial charge in [-0.1, -0.05) is 0 Å². The van der Waals surface area contributed by atoms with Gasteiger partial charge in [-0.15, -0.1) is 18.3 Å². The van der Waals surface area contributed by atoms with E-state index in [0.29, 0.717) is 41.7 Å². The second-order valence-electron chi connectivity index (χ2n) is 10.6. The van der Waals surface area contributed by atoms with Crippen LogP contribution in [0.5, 0.6) is 5.75 Å². The van der Waals surface area contributed by atoms with Crippen molar-refractivity contribution in [2.75, 3.05) is 13.1 Å². The number of aromatic nitrogens is 4. The smallest absolute Gasteiger partial charge is 0.406 e. The number of amides is 2. The van der Waals surface area contributed by atoms with E-state index in [1.54, 1.807) is 36.9 Å². The lowest BCUT2D eigenvalue weighted by Crippen LogP contribution is -2.48. The molecule has 1 aromatic carbocycles. The molecular weight excluding hydrogens is 541 g/mol. The highest BCUT2D eigenvalue weighted by Gasteiger charge is 2.33. The van der Waals surface area contributed by atoms with Gasteiger partial charge < -0.3 is 19.7 Å². The van der Waals surface area contributed by atoms with Crippen molar-refractivity contribution in [3.05, 3.63) is 64.9 Å². The molecule has 0 unspecified atom stereocenters. The number of pyridine rings is 1. The lowest BCUT2D eigenvalue weighted by molar-refractivity contribution is -0.274. The zero-order valence-electron chi connectivity index (χ0n) is 23.1. The summed E-state index contributed by atoms with van der Waals surface area (Å²) in [5, 5.41) is 7.20. The molecule has 10 nitrogen and oxygen atoms in total. The molecule has 13 heteroatoms. The van der Waals surface area contributed by atoms with Crippen LogP contribution in [0.15, 0.2) is 36.5 Å². The number of aryl methyl sites for hydroxylation is 1. The van der Waals surface area contributed by atoms with Gasteiger partial charge in [0.1, 0.15) is 11.6 Å². The fourth-order valence-electron chi connectivity index (χ4n) is 4.99. The van der Waals surface area contributed by atoms with Crippen molar-refractivity contribution < 1.29 is 32.2 Å². The lowest BCUT2D eigenvalue weighted by atomic mass is 10.1. The van der Waals surface area contributed by atoms with E-state index in [9.17, 15) is 22.8 Å². The zero-order chi connectivity index (χ0) is 29.5. The Labute approximate surface area is 234 Å². The summed E-state index contributed by atoms with van der Waals surface area (Å²) in [6, 6.07) is 6.61. The van der Waals surface area contributed by atoms with Crippen molar-refractivity contribution >= 4 is 11.8 Å². The zero-order valence-corrected chi connectivity index (χ0v) is 23.1. The van der Waals surface area contributed by atoms with Crippen molar-refractivity contribution in [1.82, 2.24) is 30.0 Å². The average molecular weight is 573 g/mol. The predicted octanol–water partition coefficient (Wildman–Crippen LogP) is 4.49. The van der Waals surface area contributed by atoms with Crippen molar-refractivity contribution in [1.29, 1.82) is 0 Å². The summed E-state index contributed by atoms with van der Waals surface area (Å²) in [7, 11) is 0. The van der Waals surface area contributed by atoms with Gasteiger partial charge in [-0.3, -0.25) is 9.59 Å². The van der Waals surface area contributed by atoms with Gasteiger partial charge >= 0.3 is 6.36 Å². The molecule has 3 aromatic rings. The van der Waals surface area contributed by atoms with Crippen LogP contribution in [0, 0.1) is 6.92 Å². The number of nitrogens with one attached hydrogen (secondary N) is 1. The van der Waals surface area contributed by atoms with E-state index in [1.807, 2.05) is 13.8 Å². The topological polar surface area (TPSA) is 111 Å². The number of rotatable bonds is 7. The first-order valence-electron chi connectivity index (χ1n) is 13.4. The quantitative estimate of drug-likeness (QED) is 0.444. The number of halogens is 3. The van der Waals surface area contributed by atoms with Crippen LogP contribution in [0.25, 0.3) is 5.82 Å². The SMILES string of the molecule is Cc1nc([C@H](C)NC(=O)c2cc(OC(F)(F)F)cc(C3CC3)c2)n(-c2ccc(C(=O)N3C[C@@H](C)O[C@@H](C)C3)cn2)n1. The number of hydrogen-bond donors (Lipinski definition) is 1. The second-order valence-corrected chi connectivity index (χ2v) is 10.6. The molecule has 1 saturated carbocycles. The molecule has 1 aliphatic carbocycles. The van der Waals surface area contributed by atoms with Crippen molar-refractivity contribution in [3.8, 4) is 11.6 Å². The molecule has 41 heavy (non-hydrogen) atoms.